The predicted molar refractivity (Wildman–Crippen MR) is 44.7 cm³/mol. The largest absolute Gasteiger partial charge is 0.480 e. The van der Waals surface area contributed by atoms with Crippen LogP contribution in [0.5, 0.6) is 0 Å². The maximum absolute atomic E-state index is 10.4. The van der Waals surface area contributed by atoms with Crippen LogP contribution in [0.2, 0.25) is 0 Å². The third kappa shape index (κ3) is 4.81. The molecule has 0 aliphatic rings. The molecule has 0 heterocycles. The van der Waals surface area contributed by atoms with E-state index in [2.05, 4.69) is 11.9 Å². The van der Waals surface area contributed by atoms with Crippen LogP contribution < -0.4 is 5.32 Å². The Morgan fingerprint density at radius 3 is 2.64 bits per heavy atom. The van der Waals surface area contributed by atoms with E-state index in [0.29, 0.717) is 18.0 Å². The quantitative estimate of drug-likeness (QED) is 0.664. The number of rotatable bonds is 5. The number of carbonyl (C=O) groups is 1. The molecule has 0 aliphatic heterocycles. The summed E-state index contributed by atoms with van der Waals surface area (Å²) in [6, 6.07) is -0.523. The topological polar surface area (TPSA) is 49.3 Å². The molecule has 0 bridgehead atoms. The van der Waals surface area contributed by atoms with Crippen molar-refractivity contribution in [1.82, 2.24) is 5.32 Å². The van der Waals surface area contributed by atoms with Gasteiger partial charge in [-0.3, -0.25) is 10.1 Å². The van der Waals surface area contributed by atoms with Crippen molar-refractivity contribution in [3.05, 3.63) is 11.6 Å². The minimum atomic E-state index is -0.856. The minimum absolute atomic E-state index is 0.340. The molecule has 0 aromatic heterocycles. The average molecular weight is 178 g/mol. The van der Waals surface area contributed by atoms with Gasteiger partial charge in [-0.05, 0) is 6.42 Å². The molecule has 1 unspecified atom stereocenters. The van der Waals surface area contributed by atoms with Gasteiger partial charge >= 0.3 is 5.97 Å². The van der Waals surface area contributed by atoms with E-state index in [4.69, 9.17) is 16.7 Å². The second-order valence-corrected chi connectivity index (χ2v) is 2.73. The van der Waals surface area contributed by atoms with E-state index >= 15 is 0 Å². The summed E-state index contributed by atoms with van der Waals surface area (Å²) in [4.78, 5) is 10.4. The molecular weight excluding hydrogens is 166 g/mol. The number of aliphatic carboxylic acids is 1. The molecule has 0 rings (SSSR count). The fraction of sp³-hybridized carbons (Fsp3) is 0.571. The molecule has 64 valence electrons. The van der Waals surface area contributed by atoms with E-state index in [-0.39, 0.29) is 0 Å². The normalized spacial score (nSPS) is 12.5. The van der Waals surface area contributed by atoms with E-state index < -0.39 is 12.0 Å². The summed E-state index contributed by atoms with van der Waals surface area (Å²) in [6.07, 6.45) is 0.541. The zero-order valence-corrected chi connectivity index (χ0v) is 7.19. The van der Waals surface area contributed by atoms with Crippen LogP contribution in [0.3, 0.4) is 0 Å². The van der Waals surface area contributed by atoms with Gasteiger partial charge in [0, 0.05) is 11.6 Å². The van der Waals surface area contributed by atoms with Crippen molar-refractivity contribution >= 4 is 17.6 Å². The van der Waals surface area contributed by atoms with Crippen LogP contribution in [0.1, 0.15) is 13.3 Å². The number of hydrogen-bond acceptors (Lipinski definition) is 2. The summed E-state index contributed by atoms with van der Waals surface area (Å²) in [7, 11) is 0. The lowest BCUT2D eigenvalue weighted by atomic mass is 10.2. The van der Waals surface area contributed by atoms with Crippen LogP contribution in [0.4, 0.5) is 0 Å². The van der Waals surface area contributed by atoms with Crippen molar-refractivity contribution in [2.24, 2.45) is 0 Å². The average Bonchev–Trinajstić information content (AvgIpc) is 1.87. The predicted octanol–water partition coefficient (Wildman–Crippen LogP) is 1.19. The van der Waals surface area contributed by atoms with E-state index in [1.807, 2.05) is 0 Å². The molecule has 2 N–H and O–H groups in total. The molecule has 0 fully saturated rings. The second-order valence-electron chi connectivity index (χ2n) is 2.20. The number of nitrogens with one attached hydrogen (secondary N) is 1. The van der Waals surface area contributed by atoms with Crippen LogP contribution in [-0.2, 0) is 4.79 Å². The SMILES string of the molecule is C=C(Cl)CNC(CC)C(=O)O. The molecule has 11 heavy (non-hydrogen) atoms. The van der Waals surface area contributed by atoms with E-state index in [0.717, 1.165) is 0 Å². The standard InChI is InChI=1S/C7H12ClNO2/c1-3-6(7(10)11)9-4-5(2)8/h6,9H,2-4H2,1H3,(H,10,11). The molecule has 0 saturated heterocycles. The van der Waals surface area contributed by atoms with Crippen molar-refractivity contribution in [1.29, 1.82) is 0 Å². The third-order valence-electron chi connectivity index (χ3n) is 1.25. The molecule has 0 amide bonds. The first kappa shape index (κ1) is 10.5. The minimum Gasteiger partial charge on any atom is -0.480 e. The zero-order chi connectivity index (χ0) is 8.85. The first-order chi connectivity index (χ1) is 5.07. The van der Waals surface area contributed by atoms with Crippen LogP contribution in [0, 0.1) is 0 Å². The van der Waals surface area contributed by atoms with Gasteiger partial charge in [0.2, 0.25) is 0 Å². The molecule has 0 spiro atoms. The molecule has 0 saturated carbocycles. The maximum atomic E-state index is 10.4. The Labute approximate surface area is 71.0 Å². The molecule has 0 aromatic rings. The Morgan fingerprint density at radius 1 is 1.82 bits per heavy atom. The van der Waals surface area contributed by atoms with E-state index in [1.165, 1.54) is 0 Å². The molecule has 0 aliphatic carbocycles. The summed E-state index contributed by atoms with van der Waals surface area (Å²) in [5.41, 5.74) is 0. The van der Waals surface area contributed by atoms with E-state index in [9.17, 15) is 4.79 Å². The van der Waals surface area contributed by atoms with Crippen molar-refractivity contribution in [3.8, 4) is 0 Å². The highest BCUT2D eigenvalue weighted by Gasteiger charge is 2.12. The number of carboxylic acids is 1. The first-order valence-electron chi connectivity index (χ1n) is 3.37. The highest BCUT2D eigenvalue weighted by molar-refractivity contribution is 6.29. The number of hydrogen-bond donors (Lipinski definition) is 2. The Hall–Kier alpha value is -0.540. The lowest BCUT2D eigenvalue weighted by Gasteiger charge is -2.10. The molecular formula is C7H12ClNO2. The highest BCUT2D eigenvalue weighted by Crippen LogP contribution is 1.96. The molecule has 4 heteroatoms. The Bertz CT molecular complexity index is 159. The van der Waals surface area contributed by atoms with Crippen molar-refractivity contribution in [2.75, 3.05) is 6.54 Å². The van der Waals surface area contributed by atoms with Crippen molar-refractivity contribution in [3.63, 3.8) is 0 Å². The van der Waals surface area contributed by atoms with Crippen LogP contribution in [-0.4, -0.2) is 23.7 Å². The maximum Gasteiger partial charge on any atom is 0.320 e. The Balaban J connectivity index is 3.70. The Morgan fingerprint density at radius 2 is 2.36 bits per heavy atom. The number of halogens is 1. The molecule has 3 nitrogen and oxygen atoms in total. The first-order valence-corrected chi connectivity index (χ1v) is 3.75. The third-order valence-corrected chi connectivity index (χ3v) is 1.38. The second kappa shape index (κ2) is 5.16. The fourth-order valence-electron chi connectivity index (χ4n) is 0.640. The van der Waals surface area contributed by atoms with Gasteiger partial charge in [0.05, 0.1) is 0 Å². The smallest absolute Gasteiger partial charge is 0.320 e. The van der Waals surface area contributed by atoms with Crippen LogP contribution >= 0.6 is 11.6 Å². The van der Waals surface area contributed by atoms with Gasteiger partial charge in [-0.1, -0.05) is 25.1 Å². The molecule has 0 aromatic carbocycles. The van der Waals surface area contributed by atoms with Gasteiger partial charge in [-0.25, -0.2) is 0 Å². The van der Waals surface area contributed by atoms with Crippen LogP contribution in [0.15, 0.2) is 11.6 Å². The molecule has 1 atom stereocenters. The Kier molecular flexibility index (Phi) is 4.90. The highest BCUT2D eigenvalue weighted by atomic mass is 35.5. The van der Waals surface area contributed by atoms with Gasteiger partial charge in [-0.2, -0.15) is 0 Å². The lowest BCUT2D eigenvalue weighted by molar-refractivity contribution is -0.139. The van der Waals surface area contributed by atoms with Gasteiger partial charge in [0.1, 0.15) is 6.04 Å². The summed E-state index contributed by atoms with van der Waals surface area (Å²) in [6.45, 7) is 5.56. The lowest BCUT2D eigenvalue weighted by Crippen LogP contribution is -2.36. The van der Waals surface area contributed by atoms with Crippen molar-refractivity contribution in [2.45, 2.75) is 19.4 Å². The van der Waals surface area contributed by atoms with Gasteiger partial charge in [0.15, 0.2) is 0 Å². The van der Waals surface area contributed by atoms with Gasteiger partial charge in [0.25, 0.3) is 0 Å². The van der Waals surface area contributed by atoms with Crippen LogP contribution in [0.25, 0.3) is 0 Å². The monoisotopic (exact) mass is 177 g/mol. The molecule has 0 radical (unpaired) electrons. The number of carboxylic acid groups (broad SMARTS) is 1. The summed E-state index contributed by atoms with van der Waals surface area (Å²) >= 11 is 5.43. The van der Waals surface area contributed by atoms with E-state index in [1.54, 1.807) is 6.92 Å². The van der Waals surface area contributed by atoms with Crippen molar-refractivity contribution < 1.29 is 9.90 Å². The summed E-state index contributed by atoms with van der Waals surface area (Å²) in [5, 5.41) is 11.7. The summed E-state index contributed by atoms with van der Waals surface area (Å²) < 4.78 is 0. The van der Waals surface area contributed by atoms with Gasteiger partial charge in [-0.15, -0.1) is 0 Å². The fourth-order valence-corrected chi connectivity index (χ4v) is 0.717. The zero-order valence-electron chi connectivity index (χ0n) is 6.43. The summed E-state index contributed by atoms with van der Waals surface area (Å²) in [5.74, 6) is -0.856. The van der Waals surface area contributed by atoms with Gasteiger partial charge < -0.3 is 5.11 Å².